The predicted octanol–water partition coefficient (Wildman–Crippen LogP) is 5.85. The van der Waals surface area contributed by atoms with Crippen molar-refractivity contribution in [2.75, 3.05) is 11.9 Å². The van der Waals surface area contributed by atoms with Gasteiger partial charge in [-0.15, -0.1) is 0 Å². The molecule has 3 rings (SSSR count). The highest BCUT2D eigenvalue weighted by Crippen LogP contribution is 2.27. The number of amides is 2. The van der Waals surface area contributed by atoms with Crippen molar-refractivity contribution >= 4 is 33.4 Å². The maximum Gasteiger partial charge on any atom is 0.255 e. The number of carbonyl (C=O) groups is 2. The molecule has 0 aliphatic carbocycles. The van der Waals surface area contributed by atoms with Crippen molar-refractivity contribution in [3.63, 3.8) is 0 Å². The van der Waals surface area contributed by atoms with Gasteiger partial charge in [-0.25, -0.2) is 0 Å². The maximum atomic E-state index is 12.7. The average Bonchev–Trinajstić information content (AvgIpc) is 2.80. The van der Waals surface area contributed by atoms with E-state index >= 15 is 0 Å². The first-order chi connectivity index (χ1) is 15.5. The molecule has 0 heterocycles. The normalized spacial score (nSPS) is 11.5. The fourth-order valence-electron chi connectivity index (χ4n) is 3.03. The molecule has 2 N–H and O–H groups in total. The fraction of sp³-hybridized carbons (Fsp3) is 0.231. The van der Waals surface area contributed by atoms with Gasteiger partial charge < -0.3 is 15.4 Å². The molecule has 3 aromatic rings. The predicted molar refractivity (Wildman–Crippen MR) is 131 cm³/mol. The Morgan fingerprint density at radius 2 is 1.69 bits per heavy atom. The highest BCUT2D eigenvalue weighted by molar-refractivity contribution is 9.10. The molecule has 2 amide bonds. The number of hydrogen-bond acceptors (Lipinski definition) is 3. The standard InChI is InChI=1S/C26H27BrN2O3/c1-3-18(2)28-25(30)20-10-7-11-22(16-20)29-26(31)21-12-13-24(23(27)17-21)32-15-14-19-8-5-4-6-9-19/h4-13,16-18H,3,14-15H2,1-2H3,(H,28,30)(H,29,31). The number of halogens is 1. The molecule has 1 atom stereocenters. The van der Waals surface area contributed by atoms with Crippen molar-refractivity contribution < 1.29 is 14.3 Å². The minimum absolute atomic E-state index is 0.0894. The highest BCUT2D eigenvalue weighted by Gasteiger charge is 2.12. The Morgan fingerprint density at radius 3 is 2.41 bits per heavy atom. The molecule has 6 heteroatoms. The van der Waals surface area contributed by atoms with Crippen molar-refractivity contribution in [1.82, 2.24) is 5.32 Å². The third-order valence-corrected chi connectivity index (χ3v) is 5.68. The second kappa shape index (κ2) is 11.5. The van der Waals surface area contributed by atoms with Gasteiger partial charge in [0.05, 0.1) is 11.1 Å². The summed E-state index contributed by atoms with van der Waals surface area (Å²) < 4.78 is 6.56. The minimum Gasteiger partial charge on any atom is -0.492 e. The second-order valence-corrected chi connectivity index (χ2v) is 8.40. The molecule has 32 heavy (non-hydrogen) atoms. The molecule has 0 aromatic heterocycles. The van der Waals surface area contributed by atoms with Crippen molar-refractivity contribution in [2.24, 2.45) is 0 Å². The SMILES string of the molecule is CCC(C)NC(=O)c1cccc(NC(=O)c2ccc(OCCc3ccccc3)c(Br)c2)c1. The Kier molecular flexibility index (Phi) is 8.45. The number of rotatable bonds is 9. The summed E-state index contributed by atoms with van der Waals surface area (Å²) in [6.45, 7) is 4.51. The molecule has 0 aliphatic heterocycles. The van der Waals surface area contributed by atoms with Crippen molar-refractivity contribution in [1.29, 1.82) is 0 Å². The van der Waals surface area contributed by atoms with Crippen LogP contribution in [-0.2, 0) is 6.42 Å². The minimum atomic E-state index is -0.263. The van der Waals surface area contributed by atoms with Crippen molar-refractivity contribution in [3.8, 4) is 5.75 Å². The van der Waals surface area contributed by atoms with E-state index in [1.165, 1.54) is 5.56 Å². The summed E-state index contributed by atoms with van der Waals surface area (Å²) in [5.74, 6) is 0.261. The smallest absolute Gasteiger partial charge is 0.255 e. The molecule has 3 aromatic carbocycles. The highest BCUT2D eigenvalue weighted by atomic mass is 79.9. The number of hydrogen-bond donors (Lipinski definition) is 2. The first-order valence-corrected chi connectivity index (χ1v) is 11.4. The number of nitrogens with one attached hydrogen (secondary N) is 2. The lowest BCUT2D eigenvalue weighted by molar-refractivity contribution is 0.0938. The van der Waals surface area contributed by atoms with Gasteiger partial charge in [-0.05, 0) is 71.2 Å². The van der Waals surface area contributed by atoms with E-state index in [9.17, 15) is 9.59 Å². The van der Waals surface area contributed by atoms with E-state index in [1.807, 2.05) is 32.0 Å². The van der Waals surface area contributed by atoms with Crippen LogP contribution in [0.3, 0.4) is 0 Å². The van der Waals surface area contributed by atoms with Gasteiger partial charge in [0, 0.05) is 29.3 Å². The van der Waals surface area contributed by atoms with Gasteiger partial charge in [0.1, 0.15) is 5.75 Å². The summed E-state index contributed by atoms with van der Waals surface area (Å²) in [7, 11) is 0. The van der Waals surface area contributed by atoms with Gasteiger partial charge in [-0.3, -0.25) is 9.59 Å². The van der Waals surface area contributed by atoms with E-state index in [2.05, 4.69) is 38.7 Å². The van der Waals surface area contributed by atoms with E-state index in [1.54, 1.807) is 42.5 Å². The summed E-state index contributed by atoms with van der Waals surface area (Å²) in [5.41, 5.74) is 2.76. The Bertz CT molecular complexity index is 1070. The first-order valence-electron chi connectivity index (χ1n) is 10.6. The molecule has 5 nitrogen and oxygen atoms in total. The van der Waals surface area contributed by atoms with Crippen LogP contribution in [0, 0.1) is 0 Å². The van der Waals surface area contributed by atoms with Crippen LogP contribution in [0.2, 0.25) is 0 Å². The van der Waals surface area contributed by atoms with Gasteiger partial charge in [0.2, 0.25) is 0 Å². The summed E-state index contributed by atoms with van der Waals surface area (Å²) in [5, 5.41) is 5.78. The van der Waals surface area contributed by atoms with Crippen LogP contribution < -0.4 is 15.4 Å². The molecule has 166 valence electrons. The fourth-order valence-corrected chi connectivity index (χ4v) is 3.53. The summed E-state index contributed by atoms with van der Waals surface area (Å²) in [4.78, 5) is 25.0. The van der Waals surface area contributed by atoms with E-state index in [0.29, 0.717) is 33.6 Å². The first kappa shape index (κ1) is 23.5. The third kappa shape index (κ3) is 6.69. The molecule has 1 unspecified atom stereocenters. The molecular weight excluding hydrogens is 468 g/mol. The quantitative estimate of drug-likeness (QED) is 0.391. The second-order valence-electron chi connectivity index (χ2n) is 7.55. The van der Waals surface area contributed by atoms with Crippen LogP contribution in [0.5, 0.6) is 5.75 Å². The zero-order valence-electron chi connectivity index (χ0n) is 18.2. The molecule has 0 bridgehead atoms. The average molecular weight is 495 g/mol. The van der Waals surface area contributed by atoms with Crippen LogP contribution in [0.15, 0.2) is 77.3 Å². The Labute approximate surface area is 197 Å². The van der Waals surface area contributed by atoms with Crippen LogP contribution in [-0.4, -0.2) is 24.5 Å². The van der Waals surface area contributed by atoms with Gasteiger partial charge >= 0.3 is 0 Å². The van der Waals surface area contributed by atoms with Crippen LogP contribution >= 0.6 is 15.9 Å². The summed E-state index contributed by atoms with van der Waals surface area (Å²) in [6, 6.07) is 22.4. The van der Waals surface area contributed by atoms with Gasteiger partial charge in [0.25, 0.3) is 11.8 Å². The lowest BCUT2D eigenvalue weighted by Crippen LogP contribution is -2.31. The monoisotopic (exact) mass is 494 g/mol. The van der Waals surface area contributed by atoms with Crippen molar-refractivity contribution in [2.45, 2.75) is 32.7 Å². The van der Waals surface area contributed by atoms with E-state index in [-0.39, 0.29) is 17.9 Å². The largest absolute Gasteiger partial charge is 0.492 e. The Balaban J connectivity index is 1.60. The number of carbonyl (C=O) groups excluding carboxylic acids is 2. The number of ether oxygens (including phenoxy) is 1. The molecule has 0 spiro atoms. The van der Waals surface area contributed by atoms with Gasteiger partial charge in [0.15, 0.2) is 0 Å². The lowest BCUT2D eigenvalue weighted by atomic mass is 10.1. The molecule has 0 saturated carbocycles. The molecule has 0 fully saturated rings. The third-order valence-electron chi connectivity index (χ3n) is 5.06. The summed E-state index contributed by atoms with van der Waals surface area (Å²) >= 11 is 3.49. The zero-order chi connectivity index (χ0) is 22.9. The molecular formula is C26H27BrN2O3. The van der Waals surface area contributed by atoms with E-state index < -0.39 is 0 Å². The van der Waals surface area contributed by atoms with Gasteiger partial charge in [-0.1, -0.05) is 43.3 Å². The molecule has 0 aliphatic rings. The maximum absolute atomic E-state index is 12.7. The zero-order valence-corrected chi connectivity index (χ0v) is 19.8. The Morgan fingerprint density at radius 1 is 0.938 bits per heavy atom. The van der Waals surface area contributed by atoms with Gasteiger partial charge in [-0.2, -0.15) is 0 Å². The van der Waals surface area contributed by atoms with Crippen molar-refractivity contribution in [3.05, 3.63) is 94.0 Å². The number of benzene rings is 3. The van der Waals surface area contributed by atoms with Crippen LogP contribution in [0.4, 0.5) is 5.69 Å². The van der Waals surface area contributed by atoms with E-state index in [0.717, 1.165) is 12.8 Å². The number of anilines is 1. The van der Waals surface area contributed by atoms with Crippen LogP contribution in [0.1, 0.15) is 46.5 Å². The molecule has 0 radical (unpaired) electrons. The van der Waals surface area contributed by atoms with E-state index in [4.69, 9.17) is 4.74 Å². The summed E-state index contributed by atoms with van der Waals surface area (Å²) in [6.07, 6.45) is 1.65. The Hall–Kier alpha value is -3.12. The topological polar surface area (TPSA) is 67.4 Å². The lowest BCUT2D eigenvalue weighted by Gasteiger charge is -2.13. The molecule has 0 saturated heterocycles. The van der Waals surface area contributed by atoms with Crippen LogP contribution in [0.25, 0.3) is 0 Å².